The van der Waals surface area contributed by atoms with Crippen LogP contribution in [0.25, 0.3) is 0 Å². The summed E-state index contributed by atoms with van der Waals surface area (Å²) in [5.74, 6) is -0.718. The van der Waals surface area contributed by atoms with Crippen molar-refractivity contribution in [2.75, 3.05) is 18.5 Å². The third kappa shape index (κ3) is 4.86. The Labute approximate surface area is 200 Å². The van der Waals surface area contributed by atoms with Gasteiger partial charge in [0, 0.05) is 23.6 Å². The van der Waals surface area contributed by atoms with Gasteiger partial charge in [-0.05, 0) is 50.1 Å². The van der Waals surface area contributed by atoms with Crippen LogP contribution in [-0.4, -0.2) is 69.0 Å². The lowest BCUT2D eigenvalue weighted by atomic mass is 9.93. The molecule has 2 aromatic rings. The SMILES string of the molecule is CC12OC3CCC(=Nc4nc(ncc4F)Nc4ccc(cc4)OCC(O)CNC1O)C=C3NC2=O. The molecule has 12 heteroatoms. The summed E-state index contributed by atoms with van der Waals surface area (Å²) in [4.78, 5) is 25.3. The van der Waals surface area contributed by atoms with Crippen molar-refractivity contribution >= 4 is 29.1 Å². The summed E-state index contributed by atoms with van der Waals surface area (Å²) in [7, 11) is 0. The number of nitrogens with zero attached hydrogens (tertiary/aromatic N) is 3. The number of aromatic nitrogens is 2. The zero-order valence-corrected chi connectivity index (χ0v) is 18.9. The van der Waals surface area contributed by atoms with Crippen molar-refractivity contribution in [1.82, 2.24) is 20.6 Å². The summed E-state index contributed by atoms with van der Waals surface area (Å²) >= 11 is 0. The predicted octanol–water partition coefficient (Wildman–Crippen LogP) is 1.04. The van der Waals surface area contributed by atoms with Crippen LogP contribution in [0.1, 0.15) is 19.8 Å². The third-order valence-electron chi connectivity index (χ3n) is 6.02. The summed E-state index contributed by atoms with van der Waals surface area (Å²) < 4.78 is 26.0. The van der Waals surface area contributed by atoms with E-state index in [2.05, 4.69) is 30.9 Å². The molecular weight excluding hydrogens is 459 g/mol. The zero-order valence-electron chi connectivity index (χ0n) is 18.9. The van der Waals surface area contributed by atoms with Crippen molar-refractivity contribution in [2.24, 2.45) is 4.99 Å². The second kappa shape index (κ2) is 9.30. The number of morpholine rings is 1. The van der Waals surface area contributed by atoms with Gasteiger partial charge in [0.1, 0.15) is 24.7 Å². The first-order valence-electron chi connectivity index (χ1n) is 11.2. The van der Waals surface area contributed by atoms with E-state index < -0.39 is 35.8 Å². The first kappa shape index (κ1) is 23.3. The molecule has 0 saturated carbocycles. The molecule has 10 rings (SSSR count). The fraction of sp³-hybridized carbons (Fsp3) is 0.391. The topological polar surface area (TPSA) is 150 Å². The van der Waals surface area contributed by atoms with Gasteiger partial charge < -0.3 is 30.3 Å². The van der Waals surface area contributed by atoms with Gasteiger partial charge in [-0.3, -0.25) is 10.1 Å². The standard InChI is InChI=1S/C23H25FN6O5/c1-23-20(32)25-9-14(31)11-34-15-5-2-12(3-6-15)28-22-26-10-16(24)19(30-22)27-13-4-7-18(35-23)17(8-13)29-21(23)33/h2-3,5-6,8,10,14,18,20,25,31-32H,4,7,9,11H2,1H3,(H,29,33)(H,26,28,30). The highest BCUT2D eigenvalue weighted by Gasteiger charge is 2.49. The number of aliphatic imine (C=N–C) groups is 1. The van der Waals surface area contributed by atoms with E-state index in [0.717, 1.165) is 6.20 Å². The summed E-state index contributed by atoms with van der Waals surface area (Å²) in [6, 6.07) is 6.83. The lowest BCUT2D eigenvalue weighted by Crippen LogP contribution is -2.65. The summed E-state index contributed by atoms with van der Waals surface area (Å²) in [5, 5.41) is 29.5. The molecule has 8 bridgehead atoms. The molecule has 7 aliphatic heterocycles. The van der Waals surface area contributed by atoms with Crippen molar-refractivity contribution in [3.05, 3.63) is 48.1 Å². The molecule has 1 amide bonds. The second-order valence-corrected chi connectivity index (χ2v) is 8.70. The average Bonchev–Trinajstić information content (AvgIpc) is 2.84. The van der Waals surface area contributed by atoms with Crippen LogP contribution in [0.4, 0.5) is 21.8 Å². The lowest BCUT2D eigenvalue weighted by molar-refractivity contribution is -0.184. The van der Waals surface area contributed by atoms with Crippen LogP contribution in [0.15, 0.2) is 47.2 Å². The molecule has 5 N–H and O–H groups in total. The van der Waals surface area contributed by atoms with Crippen LogP contribution in [0.3, 0.4) is 0 Å². The molecular formula is C23H25FN6O5. The number of aliphatic hydroxyl groups excluding tert-OH is 2. The van der Waals surface area contributed by atoms with E-state index in [9.17, 15) is 19.4 Å². The van der Waals surface area contributed by atoms with Crippen molar-refractivity contribution < 1.29 is 28.9 Å². The van der Waals surface area contributed by atoms with E-state index >= 15 is 0 Å². The molecule has 184 valence electrons. The first-order valence-corrected chi connectivity index (χ1v) is 11.2. The number of rotatable bonds is 0. The fourth-order valence-corrected chi connectivity index (χ4v) is 3.99. The van der Waals surface area contributed by atoms with Gasteiger partial charge in [-0.15, -0.1) is 0 Å². The second-order valence-electron chi connectivity index (χ2n) is 8.70. The van der Waals surface area contributed by atoms with Crippen molar-refractivity contribution in [1.29, 1.82) is 0 Å². The maximum absolute atomic E-state index is 14.4. The molecule has 0 spiro atoms. The van der Waals surface area contributed by atoms with Crippen molar-refractivity contribution in [3.8, 4) is 5.75 Å². The summed E-state index contributed by atoms with van der Waals surface area (Å²) in [5.41, 5.74) is 0.0372. The number of ether oxygens (including phenoxy) is 2. The van der Waals surface area contributed by atoms with Gasteiger partial charge in [-0.1, -0.05) is 0 Å². The number of halogens is 1. The monoisotopic (exact) mass is 484 g/mol. The Balaban J connectivity index is 1.50. The highest BCUT2D eigenvalue weighted by atomic mass is 19.1. The molecule has 35 heavy (non-hydrogen) atoms. The Hall–Kier alpha value is -3.45. The van der Waals surface area contributed by atoms with E-state index in [1.165, 1.54) is 6.92 Å². The Morgan fingerprint density at radius 1 is 1.20 bits per heavy atom. The minimum absolute atomic E-state index is 0.0320. The van der Waals surface area contributed by atoms with Gasteiger partial charge in [-0.25, -0.2) is 14.4 Å². The number of carbonyl (C=O) groups excluding carboxylic acids is 1. The van der Waals surface area contributed by atoms with Gasteiger partial charge in [0.15, 0.2) is 17.2 Å². The molecule has 1 fully saturated rings. The van der Waals surface area contributed by atoms with E-state index in [1.54, 1.807) is 30.3 Å². The Kier molecular flexibility index (Phi) is 6.19. The van der Waals surface area contributed by atoms with Crippen LogP contribution in [0.2, 0.25) is 0 Å². The molecule has 1 aromatic heterocycles. The smallest absolute Gasteiger partial charge is 0.260 e. The first-order chi connectivity index (χ1) is 16.8. The number of benzene rings is 1. The molecule has 4 atom stereocenters. The number of allylic oxidation sites excluding steroid dienone is 1. The highest BCUT2D eigenvalue weighted by Crippen LogP contribution is 2.31. The van der Waals surface area contributed by atoms with E-state index in [-0.39, 0.29) is 24.9 Å². The number of hydrogen-bond donors (Lipinski definition) is 5. The van der Waals surface area contributed by atoms with Gasteiger partial charge in [0.25, 0.3) is 5.91 Å². The summed E-state index contributed by atoms with van der Waals surface area (Å²) in [6.45, 7) is 1.40. The Morgan fingerprint density at radius 2 is 2.00 bits per heavy atom. The average molecular weight is 484 g/mol. The third-order valence-corrected chi connectivity index (χ3v) is 6.02. The van der Waals surface area contributed by atoms with Crippen LogP contribution >= 0.6 is 0 Å². The quantitative estimate of drug-likeness (QED) is 0.370. The molecule has 1 aromatic carbocycles. The van der Waals surface area contributed by atoms with Crippen LogP contribution < -0.4 is 20.7 Å². The molecule has 8 heterocycles. The normalized spacial score (nSPS) is 28.8. The minimum atomic E-state index is -1.59. The number of aliphatic hydroxyl groups is 2. The van der Waals surface area contributed by atoms with Gasteiger partial charge in [0.05, 0.1) is 12.3 Å². The molecule has 11 nitrogen and oxygen atoms in total. The number of hydrogen-bond acceptors (Lipinski definition) is 10. The Bertz CT molecular complexity index is 1190. The van der Waals surface area contributed by atoms with E-state index in [1.807, 2.05) is 0 Å². The van der Waals surface area contributed by atoms with Crippen LogP contribution in [-0.2, 0) is 9.53 Å². The molecule has 8 aliphatic rings. The number of anilines is 2. The molecule has 1 saturated heterocycles. The maximum Gasteiger partial charge on any atom is 0.260 e. The zero-order chi connectivity index (χ0) is 24.6. The molecule has 1 aliphatic carbocycles. The van der Waals surface area contributed by atoms with Crippen LogP contribution in [0, 0.1) is 5.82 Å². The largest absolute Gasteiger partial charge is 0.491 e. The Morgan fingerprint density at radius 3 is 2.80 bits per heavy atom. The lowest BCUT2D eigenvalue weighted by Gasteiger charge is -2.43. The van der Waals surface area contributed by atoms with Crippen molar-refractivity contribution in [2.45, 2.75) is 43.8 Å². The van der Waals surface area contributed by atoms with Gasteiger partial charge in [-0.2, -0.15) is 4.98 Å². The van der Waals surface area contributed by atoms with E-state index in [4.69, 9.17) is 9.47 Å². The van der Waals surface area contributed by atoms with Gasteiger partial charge in [0.2, 0.25) is 5.95 Å². The molecule has 0 radical (unpaired) electrons. The minimum Gasteiger partial charge on any atom is -0.491 e. The maximum atomic E-state index is 14.4. The number of amides is 1. The fourth-order valence-electron chi connectivity index (χ4n) is 3.99. The number of carbonyl (C=O) groups is 1. The highest BCUT2D eigenvalue weighted by molar-refractivity contribution is 5.99. The predicted molar refractivity (Wildman–Crippen MR) is 123 cm³/mol. The van der Waals surface area contributed by atoms with E-state index in [0.29, 0.717) is 35.7 Å². The van der Waals surface area contributed by atoms with Gasteiger partial charge >= 0.3 is 0 Å². The number of nitrogens with one attached hydrogen (secondary N) is 3. The summed E-state index contributed by atoms with van der Waals surface area (Å²) in [6.07, 6.45) is 0.711. The molecule has 4 unspecified atom stereocenters. The van der Waals surface area contributed by atoms with Crippen molar-refractivity contribution in [3.63, 3.8) is 0 Å². The van der Waals surface area contributed by atoms with Crippen LogP contribution in [0.5, 0.6) is 5.75 Å².